The van der Waals surface area contributed by atoms with Gasteiger partial charge in [0.15, 0.2) is 0 Å². The number of rotatable bonds is 2. The smallest absolute Gasteiger partial charge is 0.0597 e. The highest BCUT2D eigenvalue weighted by molar-refractivity contribution is 6.36. The van der Waals surface area contributed by atoms with Crippen molar-refractivity contribution in [2.45, 2.75) is 0 Å². The third kappa shape index (κ3) is 2.04. The summed E-state index contributed by atoms with van der Waals surface area (Å²) in [5, 5.41) is 1.45. The van der Waals surface area contributed by atoms with E-state index >= 15 is 0 Å². The number of benzene rings is 1. The zero-order valence-electron chi connectivity index (χ0n) is 9.13. The molecule has 1 aromatic rings. The van der Waals surface area contributed by atoms with E-state index in [-0.39, 0.29) is 0 Å². The SMILES string of the molecule is CN(C)c1cccc([SiH3])c1N(C)C. The molecule has 0 aromatic heterocycles. The summed E-state index contributed by atoms with van der Waals surface area (Å²) in [6.07, 6.45) is 0. The van der Waals surface area contributed by atoms with Crippen LogP contribution in [-0.4, -0.2) is 38.4 Å². The minimum Gasteiger partial charge on any atom is -0.376 e. The number of hydrogen-bond acceptors (Lipinski definition) is 2. The maximum Gasteiger partial charge on any atom is 0.0597 e. The van der Waals surface area contributed by atoms with Gasteiger partial charge in [-0.05, 0) is 11.3 Å². The van der Waals surface area contributed by atoms with E-state index < -0.39 is 0 Å². The summed E-state index contributed by atoms with van der Waals surface area (Å²) >= 11 is 0. The summed E-state index contributed by atoms with van der Waals surface area (Å²) in [4.78, 5) is 4.36. The molecule has 0 saturated heterocycles. The Morgan fingerprint density at radius 1 is 1.00 bits per heavy atom. The van der Waals surface area contributed by atoms with Crippen molar-refractivity contribution in [3.8, 4) is 0 Å². The van der Waals surface area contributed by atoms with Gasteiger partial charge in [-0.2, -0.15) is 0 Å². The monoisotopic (exact) mass is 194 g/mol. The van der Waals surface area contributed by atoms with Crippen molar-refractivity contribution < 1.29 is 0 Å². The first-order valence-electron chi connectivity index (χ1n) is 4.48. The summed E-state index contributed by atoms with van der Waals surface area (Å²) in [5.41, 5.74) is 2.66. The minimum atomic E-state index is 1.10. The standard InChI is InChI=1S/C10H18N2Si/c1-11(2)8-6-5-7-9(13)10(8)12(3)4/h5-7H,1-4,13H3. The van der Waals surface area contributed by atoms with Crippen LogP contribution in [-0.2, 0) is 0 Å². The average Bonchev–Trinajstić information content (AvgIpc) is 2.02. The zero-order chi connectivity index (χ0) is 10.0. The van der Waals surface area contributed by atoms with E-state index in [0.717, 1.165) is 10.2 Å². The van der Waals surface area contributed by atoms with Gasteiger partial charge in [0.1, 0.15) is 0 Å². The largest absolute Gasteiger partial charge is 0.376 e. The Labute approximate surface area is 83.6 Å². The maximum atomic E-state index is 2.20. The molecule has 13 heavy (non-hydrogen) atoms. The van der Waals surface area contributed by atoms with Gasteiger partial charge in [-0.1, -0.05) is 12.1 Å². The van der Waals surface area contributed by atoms with Crippen LogP contribution in [0.15, 0.2) is 18.2 Å². The van der Waals surface area contributed by atoms with Crippen LogP contribution in [0.4, 0.5) is 11.4 Å². The van der Waals surface area contributed by atoms with E-state index in [4.69, 9.17) is 0 Å². The molecular formula is C10H18N2Si. The molecule has 0 N–H and O–H groups in total. The highest BCUT2D eigenvalue weighted by atomic mass is 28.1. The molecule has 0 aliphatic heterocycles. The second kappa shape index (κ2) is 3.83. The molecule has 0 saturated carbocycles. The van der Waals surface area contributed by atoms with Crippen LogP contribution < -0.4 is 15.0 Å². The molecule has 2 nitrogen and oxygen atoms in total. The molecule has 0 atom stereocenters. The predicted molar refractivity (Wildman–Crippen MR) is 64.7 cm³/mol. The lowest BCUT2D eigenvalue weighted by atomic mass is 10.2. The predicted octanol–water partition coefficient (Wildman–Crippen LogP) is -0.191. The molecular weight excluding hydrogens is 176 g/mol. The van der Waals surface area contributed by atoms with E-state index in [0.29, 0.717) is 0 Å². The summed E-state index contributed by atoms with van der Waals surface area (Å²) in [6, 6.07) is 6.50. The third-order valence-electron chi connectivity index (χ3n) is 2.15. The van der Waals surface area contributed by atoms with Gasteiger partial charge in [0, 0.05) is 38.4 Å². The lowest BCUT2D eigenvalue weighted by Gasteiger charge is -2.24. The molecule has 1 rings (SSSR count). The Balaban J connectivity index is 3.26. The van der Waals surface area contributed by atoms with Crippen molar-refractivity contribution in [2.24, 2.45) is 0 Å². The number of anilines is 2. The molecule has 72 valence electrons. The van der Waals surface area contributed by atoms with Crippen LogP contribution in [0.1, 0.15) is 0 Å². The van der Waals surface area contributed by atoms with E-state index in [1.165, 1.54) is 16.6 Å². The van der Waals surface area contributed by atoms with Gasteiger partial charge in [0.2, 0.25) is 0 Å². The van der Waals surface area contributed by atoms with Gasteiger partial charge < -0.3 is 9.80 Å². The fourth-order valence-corrected chi connectivity index (χ4v) is 2.48. The molecule has 0 fully saturated rings. The lowest BCUT2D eigenvalue weighted by molar-refractivity contribution is 1.08. The Morgan fingerprint density at radius 2 is 1.62 bits per heavy atom. The molecule has 0 radical (unpaired) electrons. The number of nitrogens with zero attached hydrogens (tertiary/aromatic N) is 2. The average molecular weight is 194 g/mol. The van der Waals surface area contributed by atoms with Gasteiger partial charge in [-0.25, -0.2) is 0 Å². The summed E-state index contributed by atoms with van der Waals surface area (Å²) in [7, 11) is 9.47. The third-order valence-corrected chi connectivity index (χ3v) is 2.95. The molecule has 0 aliphatic rings. The molecule has 0 unspecified atom stereocenters. The van der Waals surface area contributed by atoms with Crippen molar-refractivity contribution in [3.63, 3.8) is 0 Å². The summed E-state index contributed by atoms with van der Waals surface area (Å²) < 4.78 is 0. The topological polar surface area (TPSA) is 6.48 Å². The van der Waals surface area contributed by atoms with Crippen LogP contribution >= 0.6 is 0 Å². The molecule has 1 aromatic carbocycles. The Bertz CT molecular complexity index is 295. The van der Waals surface area contributed by atoms with E-state index in [1.807, 2.05) is 0 Å². The molecule has 0 bridgehead atoms. The van der Waals surface area contributed by atoms with Crippen LogP contribution in [0.25, 0.3) is 0 Å². The van der Waals surface area contributed by atoms with E-state index in [9.17, 15) is 0 Å². The fourth-order valence-electron chi connectivity index (χ4n) is 1.59. The summed E-state index contributed by atoms with van der Waals surface area (Å²) in [5.74, 6) is 0. The van der Waals surface area contributed by atoms with Crippen molar-refractivity contribution in [3.05, 3.63) is 18.2 Å². The van der Waals surface area contributed by atoms with Crippen molar-refractivity contribution >= 4 is 26.8 Å². The highest BCUT2D eigenvalue weighted by Gasteiger charge is 2.07. The minimum absolute atomic E-state index is 1.10. The maximum absolute atomic E-state index is 2.20. The van der Waals surface area contributed by atoms with Gasteiger partial charge >= 0.3 is 0 Å². The fraction of sp³-hybridized carbons (Fsp3) is 0.400. The molecule has 0 aliphatic carbocycles. The number of para-hydroxylation sites is 1. The first kappa shape index (κ1) is 10.1. The first-order chi connectivity index (χ1) is 6.04. The molecule has 0 amide bonds. The Hall–Kier alpha value is -0.963. The first-order valence-corrected chi connectivity index (χ1v) is 5.48. The van der Waals surface area contributed by atoms with Crippen LogP contribution in [0.2, 0.25) is 0 Å². The second-order valence-corrected chi connectivity index (χ2v) is 4.81. The van der Waals surface area contributed by atoms with Gasteiger partial charge in [0.05, 0.1) is 11.4 Å². The molecule has 0 spiro atoms. The molecule has 3 heteroatoms. The lowest BCUT2D eigenvalue weighted by Crippen LogP contribution is -2.23. The zero-order valence-corrected chi connectivity index (χ0v) is 11.1. The van der Waals surface area contributed by atoms with Gasteiger partial charge in [0.25, 0.3) is 0 Å². The normalized spacial score (nSPS) is 10.2. The summed E-state index contributed by atoms with van der Waals surface area (Å²) in [6.45, 7) is 0. The van der Waals surface area contributed by atoms with E-state index in [1.54, 1.807) is 0 Å². The van der Waals surface area contributed by atoms with Gasteiger partial charge in [-0.15, -0.1) is 0 Å². The molecule has 0 heterocycles. The Morgan fingerprint density at radius 3 is 2.00 bits per heavy atom. The van der Waals surface area contributed by atoms with Crippen molar-refractivity contribution in [1.29, 1.82) is 0 Å². The van der Waals surface area contributed by atoms with Crippen molar-refractivity contribution in [1.82, 2.24) is 0 Å². The number of hydrogen-bond donors (Lipinski definition) is 0. The van der Waals surface area contributed by atoms with Crippen LogP contribution in [0, 0.1) is 0 Å². The van der Waals surface area contributed by atoms with Crippen molar-refractivity contribution in [2.75, 3.05) is 38.0 Å². The quantitative estimate of drug-likeness (QED) is 0.602. The van der Waals surface area contributed by atoms with Crippen LogP contribution in [0.5, 0.6) is 0 Å². The second-order valence-electron chi connectivity index (χ2n) is 3.73. The highest BCUT2D eigenvalue weighted by Crippen LogP contribution is 2.23. The van der Waals surface area contributed by atoms with Crippen LogP contribution in [0.3, 0.4) is 0 Å². The van der Waals surface area contributed by atoms with E-state index in [2.05, 4.69) is 56.2 Å². The van der Waals surface area contributed by atoms with Gasteiger partial charge in [-0.3, -0.25) is 0 Å². The Kier molecular flexibility index (Phi) is 2.98.